The van der Waals surface area contributed by atoms with Crippen molar-refractivity contribution in [1.29, 1.82) is 0 Å². The molecule has 0 aromatic carbocycles. The smallest absolute Gasteiger partial charge is 0.226 e. The minimum absolute atomic E-state index is 0.0311. The van der Waals surface area contributed by atoms with Crippen molar-refractivity contribution in [2.24, 2.45) is 17.8 Å². The van der Waals surface area contributed by atoms with Gasteiger partial charge < -0.3 is 15.0 Å². The Kier molecular flexibility index (Phi) is 9.86. The summed E-state index contributed by atoms with van der Waals surface area (Å²) in [7, 11) is -2.97. The second-order valence-electron chi connectivity index (χ2n) is 14.4. The van der Waals surface area contributed by atoms with E-state index in [0.29, 0.717) is 42.9 Å². The van der Waals surface area contributed by atoms with Crippen LogP contribution in [0.2, 0.25) is 0 Å². The normalized spacial score (nSPS) is 32.5. The predicted molar refractivity (Wildman–Crippen MR) is 158 cm³/mol. The molecular formula is C32H54N2O5S. The number of nitrogens with zero attached hydrogens (tertiary/aromatic N) is 1. The zero-order chi connectivity index (χ0) is 28.3. The molecule has 40 heavy (non-hydrogen) atoms. The molecule has 4 aliphatic carbocycles. The maximum atomic E-state index is 14.1. The van der Waals surface area contributed by atoms with Crippen LogP contribution in [0.5, 0.6) is 0 Å². The molecule has 1 unspecified atom stereocenters. The van der Waals surface area contributed by atoms with Crippen LogP contribution in [0.25, 0.3) is 0 Å². The lowest BCUT2D eigenvalue weighted by atomic mass is 9.81. The van der Waals surface area contributed by atoms with Gasteiger partial charge in [0.05, 0.1) is 22.6 Å². The second kappa shape index (κ2) is 13.0. The SMILES string of the molecule is CC(C)(C1CCCO1)N(C(=O)C1CCC(NC(=O)CC2CCC(S(=O)(=O)CC3CC3)CC2)CC1)C1CCCCC1. The average molecular weight is 579 g/mol. The summed E-state index contributed by atoms with van der Waals surface area (Å²) in [6, 6.07) is 0.456. The van der Waals surface area contributed by atoms with Gasteiger partial charge in [-0.3, -0.25) is 9.59 Å². The van der Waals surface area contributed by atoms with Crippen molar-refractivity contribution in [3.8, 4) is 0 Å². The summed E-state index contributed by atoms with van der Waals surface area (Å²) >= 11 is 0. The highest BCUT2D eigenvalue weighted by Gasteiger charge is 2.46. The maximum absolute atomic E-state index is 14.1. The van der Waals surface area contributed by atoms with Gasteiger partial charge in [-0.1, -0.05) is 19.3 Å². The molecule has 1 aliphatic heterocycles. The third kappa shape index (κ3) is 7.43. The van der Waals surface area contributed by atoms with Gasteiger partial charge in [-0.15, -0.1) is 0 Å². The van der Waals surface area contributed by atoms with E-state index in [2.05, 4.69) is 24.1 Å². The number of sulfone groups is 1. The van der Waals surface area contributed by atoms with Crippen LogP contribution in [0.15, 0.2) is 0 Å². The minimum atomic E-state index is -2.97. The lowest BCUT2D eigenvalue weighted by Crippen LogP contribution is -2.61. The molecule has 0 aromatic heterocycles. The minimum Gasteiger partial charge on any atom is -0.376 e. The quantitative estimate of drug-likeness (QED) is 0.367. The molecule has 228 valence electrons. The number of carbonyl (C=O) groups is 2. The van der Waals surface area contributed by atoms with Crippen LogP contribution in [-0.2, 0) is 24.2 Å². The van der Waals surface area contributed by atoms with Crippen LogP contribution in [-0.4, -0.2) is 66.5 Å². The van der Waals surface area contributed by atoms with Crippen molar-refractivity contribution in [2.45, 2.75) is 158 Å². The number of amides is 2. The number of hydrogen-bond donors (Lipinski definition) is 1. The summed E-state index contributed by atoms with van der Waals surface area (Å²) in [5.41, 5.74) is -0.295. The molecule has 7 nitrogen and oxygen atoms in total. The first-order chi connectivity index (χ1) is 19.1. The van der Waals surface area contributed by atoms with E-state index in [1.807, 2.05) is 0 Å². The summed E-state index contributed by atoms with van der Waals surface area (Å²) < 4.78 is 31.4. The van der Waals surface area contributed by atoms with E-state index in [-0.39, 0.29) is 40.7 Å². The molecule has 0 bridgehead atoms. The van der Waals surface area contributed by atoms with E-state index in [0.717, 1.165) is 83.7 Å². The summed E-state index contributed by atoms with van der Waals surface area (Å²) in [5.74, 6) is 1.51. The van der Waals surface area contributed by atoms with Gasteiger partial charge in [-0.2, -0.15) is 0 Å². The lowest BCUT2D eigenvalue weighted by Gasteiger charge is -2.49. The topological polar surface area (TPSA) is 92.8 Å². The summed E-state index contributed by atoms with van der Waals surface area (Å²) in [6.07, 6.45) is 17.2. The molecule has 1 N–H and O–H groups in total. The number of rotatable bonds is 10. The fourth-order valence-electron chi connectivity index (χ4n) is 8.24. The van der Waals surface area contributed by atoms with Gasteiger partial charge in [0.25, 0.3) is 0 Å². The van der Waals surface area contributed by atoms with Crippen molar-refractivity contribution in [3.05, 3.63) is 0 Å². The van der Waals surface area contributed by atoms with E-state index in [1.165, 1.54) is 19.3 Å². The van der Waals surface area contributed by atoms with Gasteiger partial charge >= 0.3 is 0 Å². The summed E-state index contributed by atoms with van der Waals surface area (Å²) in [6.45, 7) is 5.24. The highest BCUT2D eigenvalue weighted by atomic mass is 32.2. The Labute approximate surface area is 242 Å². The first-order valence-electron chi connectivity index (χ1n) is 16.6. The third-order valence-corrected chi connectivity index (χ3v) is 13.3. The molecule has 5 aliphatic rings. The molecule has 5 fully saturated rings. The van der Waals surface area contributed by atoms with Gasteiger partial charge in [0.1, 0.15) is 0 Å². The maximum Gasteiger partial charge on any atom is 0.226 e. The van der Waals surface area contributed by atoms with E-state index in [1.54, 1.807) is 0 Å². The first-order valence-corrected chi connectivity index (χ1v) is 18.3. The van der Waals surface area contributed by atoms with Gasteiger partial charge in [0, 0.05) is 31.0 Å². The second-order valence-corrected chi connectivity index (χ2v) is 16.7. The predicted octanol–water partition coefficient (Wildman–Crippen LogP) is 5.55. The number of hydrogen-bond acceptors (Lipinski definition) is 5. The van der Waals surface area contributed by atoms with Crippen LogP contribution in [0.1, 0.15) is 129 Å². The average Bonchev–Trinajstić information content (AvgIpc) is 3.54. The first kappa shape index (κ1) is 30.3. The molecular weight excluding hydrogens is 524 g/mol. The Balaban J connectivity index is 1.08. The summed E-state index contributed by atoms with van der Waals surface area (Å²) in [5, 5.41) is 3.07. The fourth-order valence-corrected chi connectivity index (χ4v) is 10.5. The Morgan fingerprint density at radius 2 is 1.45 bits per heavy atom. The Hall–Kier alpha value is -1.15. The lowest BCUT2D eigenvalue weighted by molar-refractivity contribution is -0.153. The van der Waals surface area contributed by atoms with Gasteiger partial charge in [-0.05, 0) is 116 Å². The highest BCUT2D eigenvalue weighted by Crippen LogP contribution is 2.39. The monoisotopic (exact) mass is 578 g/mol. The van der Waals surface area contributed by atoms with E-state index < -0.39 is 9.84 Å². The van der Waals surface area contributed by atoms with Crippen LogP contribution < -0.4 is 5.32 Å². The molecule has 8 heteroatoms. The van der Waals surface area contributed by atoms with Gasteiger partial charge in [0.15, 0.2) is 9.84 Å². The molecule has 0 radical (unpaired) electrons. The Morgan fingerprint density at radius 3 is 2.05 bits per heavy atom. The van der Waals surface area contributed by atoms with Crippen molar-refractivity contribution < 1.29 is 22.7 Å². The zero-order valence-corrected chi connectivity index (χ0v) is 25.9. The van der Waals surface area contributed by atoms with Crippen LogP contribution >= 0.6 is 0 Å². The van der Waals surface area contributed by atoms with E-state index >= 15 is 0 Å². The molecule has 4 saturated carbocycles. The van der Waals surface area contributed by atoms with E-state index in [9.17, 15) is 18.0 Å². The molecule has 1 atom stereocenters. The van der Waals surface area contributed by atoms with Crippen LogP contribution in [0, 0.1) is 17.8 Å². The van der Waals surface area contributed by atoms with Crippen molar-refractivity contribution in [3.63, 3.8) is 0 Å². The standard InChI is InChI=1S/C32H54N2O5S/c1-32(2,29-9-6-20-39-29)34(27-7-4-3-5-8-27)31(36)25-14-16-26(17-15-25)33-30(35)21-23-12-18-28(19-13-23)40(37,38)22-24-10-11-24/h23-29H,3-22H2,1-2H3,(H,33,35). The van der Waals surface area contributed by atoms with Crippen molar-refractivity contribution >= 4 is 21.7 Å². The number of ether oxygens (including phenoxy) is 1. The van der Waals surface area contributed by atoms with Crippen LogP contribution in [0.3, 0.4) is 0 Å². The Bertz CT molecular complexity index is 965. The molecule has 2 amide bonds. The molecule has 5 rings (SSSR count). The molecule has 1 heterocycles. The fraction of sp³-hybridized carbons (Fsp3) is 0.938. The van der Waals surface area contributed by atoms with Gasteiger partial charge in [-0.25, -0.2) is 8.42 Å². The molecule has 0 aromatic rings. The van der Waals surface area contributed by atoms with Gasteiger partial charge in [0.2, 0.25) is 11.8 Å². The summed E-state index contributed by atoms with van der Waals surface area (Å²) in [4.78, 5) is 29.3. The van der Waals surface area contributed by atoms with Crippen molar-refractivity contribution in [2.75, 3.05) is 12.4 Å². The van der Waals surface area contributed by atoms with E-state index in [4.69, 9.17) is 4.74 Å². The Morgan fingerprint density at radius 1 is 0.800 bits per heavy atom. The highest BCUT2D eigenvalue weighted by molar-refractivity contribution is 7.92. The van der Waals surface area contributed by atoms with Crippen molar-refractivity contribution in [1.82, 2.24) is 10.2 Å². The molecule has 0 spiro atoms. The van der Waals surface area contributed by atoms with Crippen LogP contribution in [0.4, 0.5) is 0 Å². The molecule has 1 saturated heterocycles. The number of carbonyl (C=O) groups excluding carboxylic acids is 2. The third-order valence-electron chi connectivity index (χ3n) is 10.9. The number of nitrogens with one attached hydrogen (secondary N) is 1. The zero-order valence-electron chi connectivity index (χ0n) is 25.1. The largest absolute Gasteiger partial charge is 0.376 e.